The maximum absolute atomic E-state index is 11.8. The number of halogens is 3. The van der Waals surface area contributed by atoms with Crippen LogP contribution in [0.3, 0.4) is 0 Å². The predicted molar refractivity (Wildman–Crippen MR) is 98.0 cm³/mol. The van der Waals surface area contributed by atoms with Crippen LogP contribution in [0.2, 0.25) is 10.0 Å². The van der Waals surface area contributed by atoms with E-state index in [1.54, 1.807) is 30.3 Å². The van der Waals surface area contributed by atoms with E-state index in [9.17, 15) is 4.79 Å². The lowest BCUT2D eigenvalue weighted by atomic mass is 10.2. The van der Waals surface area contributed by atoms with Crippen molar-refractivity contribution >= 4 is 51.3 Å². The van der Waals surface area contributed by atoms with Crippen LogP contribution >= 0.6 is 39.1 Å². The molecule has 0 fully saturated rings. The Morgan fingerprint density at radius 1 is 1.28 bits per heavy atom. The van der Waals surface area contributed by atoms with Crippen molar-refractivity contribution in [1.82, 2.24) is 5.43 Å². The fourth-order valence-electron chi connectivity index (χ4n) is 1.97. The van der Waals surface area contributed by atoms with E-state index in [-0.39, 0.29) is 13.4 Å². The molecule has 0 saturated carbocycles. The second-order valence-electron chi connectivity index (χ2n) is 4.88. The molecule has 1 N–H and O–H groups in total. The molecular formula is C16H11BrCl2N2O4. The number of carbonyl (C=O) groups excluding carboxylic acids is 1. The molecule has 25 heavy (non-hydrogen) atoms. The van der Waals surface area contributed by atoms with E-state index in [0.717, 1.165) is 0 Å². The van der Waals surface area contributed by atoms with E-state index >= 15 is 0 Å². The predicted octanol–water partition coefficient (Wildman–Crippen LogP) is 4.01. The minimum atomic E-state index is -0.421. The van der Waals surface area contributed by atoms with Crippen molar-refractivity contribution in [2.45, 2.75) is 0 Å². The topological polar surface area (TPSA) is 69.2 Å². The van der Waals surface area contributed by atoms with Gasteiger partial charge < -0.3 is 14.2 Å². The van der Waals surface area contributed by atoms with Gasteiger partial charge in [0.2, 0.25) is 6.79 Å². The first-order valence-corrected chi connectivity index (χ1v) is 8.57. The summed E-state index contributed by atoms with van der Waals surface area (Å²) in [5.74, 6) is 1.23. The zero-order valence-electron chi connectivity index (χ0n) is 12.6. The number of nitrogens with zero attached hydrogens (tertiary/aromatic N) is 1. The summed E-state index contributed by atoms with van der Waals surface area (Å²) < 4.78 is 16.5. The summed E-state index contributed by atoms with van der Waals surface area (Å²) in [7, 11) is 0. The van der Waals surface area contributed by atoms with Gasteiger partial charge in [-0.05, 0) is 40.2 Å². The van der Waals surface area contributed by atoms with Gasteiger partial charge in [-0.15, -0.1) is 0 Å². The van der Waals surface area contributed by atoms with E-state index in [1.807, 2.05) is 0 Å². The summed E-state index contributed by atoms with van der Waals surface area (Å²) in [5, 5.41) is 4.86. The molecule has 1 aliphatic heterocycles. The molecule has 0 spiro atoms. The molecule has 0 atom stereocenters. The number of amides is 1. The minimum Gasteiger partial charge on any atom is -0.483 e. The Kier molecular flexibility index (Phi) is 5.67. The number of nitrogens with one attached hydrogen (secondary N) is 1. The molecule has 2 aromatic carbocycles. The molecule has 6 nitrogen and oxygen atoms in total. The van der Waals surface area contributed by atoms with Gasteiger partial charge in [0.15, 0.2) is 18.1 Å². The molecule has 3 rings (SSSR count). The highest BCUT2D eigenvalue weighted by atomic mass is 79.9. The molecular weight excluding hydrogens is 435 g/mol. The summed E-state index contributed by atoms with van der Waals surface area (Å²) >= 11 is 15.3. The zero-order chi connectivity index (χ0) is 17.8. The van der Waals surface area contributed by atoms with Gasteiger partial charge in [-0.2, -0.15) is 5.10 Å². The maximum Gasteiger partial charge on any atom is 0.277 e. The standard InChI is InChI=1S/C16H11BrCl2N2O4/c17-11-4-10(18)1-2-13(11)23-7-16(22)21-20-6-9-3-14-15(5-12(9)19)25-8-24-14/h1-6H,7-8H2,(H,21,22)/b20-6+. The summed E-state index contributed by atoms with van der Waals surface area (Å²) in [6.07, 6.45) is 1.42. The van der Waals surface area contributed by atoms with Gasteiger partial charge in [0.25, 0.3) is 5.91 Å². The van der Waals surface area contributed by atoms with Crippen molar-refractivity contribution in [3.8, 4) is 17.2 Å². The number of ether oxygens (including phenoxy) is 3. The third-order valence-electron chi connectivity index (χ3n) is 3.14. The summed E-state index contributed by atoms with van der Waals surface area (Å²) in [6.45, 7) is -0.0486. The Morgan fingerprint density at radius 3 is 2.80 bits per heavy atom. The quantitative estimate of drug-likeness (QED) is 0.557. The normalized spacial score (nSPS) is 12.4. The molecule has 1 amide bonds. The third kappa shape index (κ3) is 4.56. The molecule has 0 saturated heterocycles. The Bertz CT molecular complexity index is 845. The van der Waals surface area contributed by atoms with Crippen LogP contribution in [-0.2, 0) is 4.79 Å². The lowest BCUT2D eigenvalue weighted by Gasteiger charge is -2.07. The lowest BCUT2D eigenvalue weighted by molar-refractivity contribution is -0.123. The molecule has 0 aromatic heterocycles. The molecule has 1 aliphatic rings. The van der Waals surface area contributed by atoms with Gasteiger partial charge in [-0.3, -0.25) is 4.79 Å². The molecule has 130 valence electrons. The van der Waals surface area contributed by atoms with Crippen LogP contribution < -0.4 is 19.6 Å². The molecule has 0 unspecified atom stereocenters. The number of hydrogen-bond donors (Lipinski definition) is 1. The number of carbonyl (C=O) groups is 1. The number of hydrogen-bond acceptors (Lipinski definition) is 5. The molecule has 0 bridgehead atoms. The highest BCUT2D eigenvalue weighted by molar-refractivity contribution is 9.10. The van der Waals surface area contributed by atoms with Crippen molar-refractivity contribution in [2.75, 3.05) is 13.4 Å². The van der Waals surface area contributed by atoms with Gasteiger partial charge in [0.05, 0.1) is 15.7 Å². The monoisotopic (exact) mass is 444 g/mol. The molecule has 0 radical (unpaired) electrons. The van der Waals surface area contributed by atoms with Gasteiger partial charge >= 0.3 is 0 Å². The van der Waals surface area contributed by atoms with Gasteiger partial charge in [-0.25, -0.2) is 5.43 Å². The van der Waals surface area contributed by atoms with Crippen molar-refractivity contribution in [1.29, 1.82) is 0 Å². The first-order valence-electron chi connectivity index (χ1n) is 7.02. The Labute approximate surface area is 161 Å². The van der Waals surface area contributed by atoms with Crippen molar-refractivity contribution in [3.63, 3.8) is 0 Å². The highest BCUT2D eigenvalue weighted by Gasteiger charge is 2.15. The van der Waals surface area contributed by atoms with Gasteiger partial charge in [0, 0.05) is 16.7 Å². The SMILES string of the molecule is O=C(COc1ccc(Cl)cc1Br)N/N=C/c1cc2c(cc1Cl)OCO2. The van der Waals surface area contributed by atoms with E-state index in [1.165, 1.54) is 6.21 Å². The van der Waals surface area contributed by atoms with E-state index in [2.05, 4.69) is 26.5 Å². The largest absolute Gasteiger partial charge is 0.483 e. The van der Waals surface area contributed by atoms with E-state index in [4.69, 9.17) is 37.4 Å². The third-order valence-corrected chi connectivity index (χ3v) is 4.32. The second-order valence-corrected chi connectivity index (χ2v) is 6.58. The fourth-order valence-corrected chi connectivity index (χ4v) is 2.97. The number of fused-ring (bicyclic) bond motifs is 1. The maximum atomic E-state index is 11.8. The minimum absolute atomic E-state index is 0.153. The first kappa shape index (κ1) is 17.8. The Morgan fingerprint density at radius 2 is 2.04 bits per heavy atom. The number of rotatable bonds is 5. The Hall–Kier alpha value is -1.96. The summed E-state index contributed by atoms with van der Waals surface area (Å²) in [4.78, 5) is 11.8. The van der Waals surface area contributed by atoms with Crippen LogP contribution in [0.25, 0.3) is 0 Å². The molecule has 2 aromatic rings. The second kappa shape index (κ2) is 7.95. The smallest absolute Gasteiger partial charge is 0.277 e. The van der Waals surface area contributed by atoms with E-state index in [0.29, 0.717) is 37.3 Å². The first-order chi connectivity index (χ1) is 12.0. The van der Waals surface area contributed by atoms with Gasteiger partial charge in [-0.1, -0.05) is 23.2 Å². The van der Waals surface area contributed by atoms with Crippen LogP contribution in [0.5, 0.6) is 17.2 Å². The van der Waals surface area contributed by atoms with Crippen LogP contribution in [0.15, 0.2) is 39.9 Å². The van der Waals surface area contributed by atoms with Crippen molar-refractivity contribution in [3.05, 3.63) is 50.4 Å². The molecule has 0 aliphatic carbocycles. The number of hydrazone groups is 1. The van der Waals surface area contributed by atoms with Crippen LogP contribution in [0.1, 0.15) is 5.56 Å². The van der Waals surface area contributed by atoms with E-state index < -0.39 is 5.91 Å². The summed E-state index contributed by atoms with van der Waals surface area (Å²) in [5.41, 5.74) is 2.95. The lowest BCUT2D eigenvalue weighted by Crippen LogP contribution is -2.24. The molecule has 9 heteroatoms. The van der Waals surface area contributed by atoms with Crippen LogP contribution in [0, 0.1) is 0 Å². The average Bonchev–Trinajstić information content (AvgIpc) is 3.01. The van der Waals surface area contributed by atoms with Crippen LogP contribution in [0.4, 0.5) is 0 Å². The Balaban J connectivity index is 1.54. The molecule has 1 heterocycles. The highest BCUT2D eigenvalue weighted by Crippen LogP contribution is 2.36. The summed E-state index contributed by atoms with van der Waals surface area (Å²) in [6, 6.07) is 8.32. The van der Waals surface area contributed by atoms with Crippen molar-refractivity contribution in [2.24, 2.45) is 5.10 Å². The average molecular weight is 446 g/mol. The van der Waals surface area contributed by atoms with Gasteiger partial charge in [0.1, 0.15) is 5.75 Å². The zero-order valence-corrected chi connectivity index (χ0v) is 15.7. The van der Waals surface area contributed by atoms with Crippen LogP contribution in [-0.4, -0.2) is 25.5 Å². The fraction of sp³-hybridized carbons (Fsp3) is 0.125. The number of benzene rings is 2. The van der Waals surface area contributed by atoms with Crippen molar-refractivity contribution < 1.29 is 19.0 Å².